The minimum atomic E-state index is -0.236. The van der Waals surface area contributed by atoms with Crippen LogP contribution in [0.5, 0.6) is 0 Å². The molecule has 0 atom stereocenters. The fraction of sp³-hybridized carbons (Fsp3) is 0.133. The monoisotopic (exact) mass is 321 g/mol. The first-order valence-electron chi connectivity index (χ1n) is 5.94. The highest BCUT2D eigenvalue weighted by molar-refractivity contribution is 9.10. The molecule has 0 spiro atoms. The molecule has 0 radical (unpaired) electrons. The normalized spacial score (nSPS) is 10.2. The third-order valence-electron chi connectivity index (χ3n) is 2.74. The van der Waals surface area contributed by atoms with E-state index in [-0.39, 0.29) is 11.7 Å². The fourth-order valence-electron chi connectivity index (χ4n) is 1.72. The first kappa shape index (κ1) is 13.7. The maximum absolute atomic E-state index is 13.4. The summed E-state index contributed by atoms with van der Waals surface area (Å²) in [6.45, 7) is 0.413. The van der Waals surface area contributed by atoms with E-state index in [9.17, 15) is 9.18 Å². The Morgan fingerprint density at radius 1 is 1.11 bits per heavy atom. The Hall–Kier alpha value is -1.68. The van der Waals surface area contributed by atoms with Gasteiger partial charge in [-0.15, -0.1) is 0 Å². The van der Waals surface area contributed by atoms with E-state index in [0.717, 1.165) is 4.47 Å². The van der Waals surface area contributed by atoms with Gasteiger partial charge < -0.3 is 5.32 Å². The zero-order valence-electron chi connectivity index (χ0n) is 10.2. The number of rotatable bonds is 4. The van der Waals surface area contributed by atoms with Gasteiger partial charge in [0.2, 0.25) is 0 Å². The Morgan fingerprint density at radius 3 is 2.47 bits per heavy atom. The number of halogens is 2. The van der Waals surface area contributed by atoms with E-state index < -0.39 is 0 Å². The molecule has 0 saturated carbocycles. The fourth-order valence-corrected chi connectivity index (χ4v) is 1.98. The Morgan fingerprint density at radius 2 is 1.79 bits per heavy atom. The molecule has 1 amide bonds. The molecule has 0 unspecified atom stereocenters. The molecule has 0 aliphatic heterocycles. The van der Waals surface area contributed by atoms with Crippen molar-refractivity contribution in [3.8, 4) is 0 Å². The Labute approximate surface area is 119 Å². The molecule has 0 aliphatic rings. The van der Waals surface area contributed by atoms with Crippen LogP contribution in [0.3, 0.4) is 0 Å². The summed E-state index contributed by atoms with van der Waals surface area (Å²) < 4.78 is 14.3. The van der Waals surface area contributed by atoms with Crippen LogP contribution >= 0.6 is 15.9 Å². The second-order valence-corrected chi connectivity index (χ2v) is 5.02. The topological polar surface area (TPSA) is 29.1 Å². The van der Waals surface area contributed by atoms with E-state index in [1.165, 1.54) is 6.07 Å². The van der Waals surface area contributed by atoms with Crippen molar-refractivity contribution in [1.82, 2.24) is 5.32 Å². The van der Waals surface area contributed by atoms with Gasteiger partial charge in [-0.1, -0.05) is 34.1 Å². The molecule has 2 aromatic carbocycles. The minimum absolute atomic E-state index is 0.149. The highest BCUT2D eigenvalue weighted by atomic mass is 79.9. The SMILES string of the molecule is O=C(NCCc1ccccc1F)c1ccc(Br)cc1. The van der Waals surface area contributed by atoms with E-state index >= 15 is 0 Å². The van der Waals surface area contributed by atoms with Crippen molar-refractivity contribution in [2.45, 2.75) is 6.42 Å². The molecule has 4 heteroatoms. The number of benzene rings is 2. The van der Waals surface area contributed by atoms with Gasteiger partial charge in [0, 0.05) is 16.6 Å². The number of amides is 1. The lowest BCUT2D eigenvalue weighted by Gasteiger charge is -2.06. The van der Waals surface area contributed by atoms with Gasteiger partial charge in [-0.05, 0) is 42.3 Å². The second kappa shape index (κ2) is 6.48. The van der Waals surface area contributed by atoms with Gasteiger partial charge in [0.05, 0.1) is 0 Å². The van der Waals surface area contributed by atoms with Gasteiger partial charge >= 0.3 is 0 Å². The van der Waals surface area contributed by atoms with Crippen molar-refractivity contribution < 1.29 is 9.18 Å². The van der Waals surface area contributed by atoms with Crippen molar-refractivity contribution in [3.63, 3.8) is 0 Å². The predicted octanol–water partition coefficient (Wildman–Crippen LogP) is 3.56. The van der Waals surface area contributed by atoms with Crippen LogP contribution in [-0.4, -0.2) is 12.5 Å². The second-order valence-electron chi connectivity index (χ2n) is 4.10. The van der Waals surface area contributed by atoms with E-state index in [2.05, 4.69) is 21.2 Å². The molecule has 0 saturated heterocycles. The third kappa shape index (κ3) is 3.89. The maximum Gasteiger partial charge on any atom is 0.251 e. The highest BCUT2D eigenvalue weighted by Gasteiger charge is 2.05. The van der Waals surface area contributed by atoms with Gasteiger partial charge in [-0.2, -0.15) is 0 Å². The average molecular weight is 322 g/mol. The summed E-state index contributed by atoms with van der Waals surface area (Å²) in [4.78, 5) is 11.8. The lowest BCUT2D eigenvalue weighted by atomic mass is 10.1. The molecule has 0 fully saturated rings. The number of nitrogens with one attached hydrogen (secondary N) is 1. The van der Waals surface area contributed by atoms with E-state index in [1.807, 2.05) is 12.1 Å². The van der Waals surface area contributed by atoms with Gasteiger partial charge in [0.1, 0.15) is 5.82 Å². The summed E-state index contributed by atoms with van der Waals surface area (Å²) in [6.07, 6.45) is 0.481. The van der Waals surface area contributed by atoms with Crippen molar-refractivity contribution >= 4 is 21.8 Å². The molecule has 0 aromatic heterocycles. The van der Waals surface area contributed by atoms with Crippen LogP contribution in [0.2, 0.25) is 0 Å². The van der Waals surface area contributed by atoms with Crippen molar-refractivity contribution in [2.24, 2.45) is 0 Å². The van der Waals surface area contributed by atoms with Crippen LogP contribution in [0, 0.1) is 5.82 Å². The molecular weight excluding hydrogens is 309 g/mol. The number of carbonyl (C=O) groups excluding carboxylic acids is 1. The van der Waals surface area contributed by atoms with Crippen LogP contribution in [0.4, 0.5) is 4.39 Å². The van der Waals surface area contributed by atoms with Crippen LogP contribution in [-0.2, 0) is 6.42 Å². The van der Waals surface area contributed by atoms with Crippen LogP contribution in [0.15, 0.2) is 53.0 Å². The molecule has 2 nitrogen and oxygen atoms in total. The van der Waals surface area contributed by atoms with Gasteiger partial charge in [-0.3, -0.25) is 4.79 Å². The van der Waals surface area contributed by atoms with E-state index in [4.69, 9.17) is 0 Å². The van der Waals surface area contributed by atoms with Crippen LogP contribution < -0.4 is 5.32 Å². The summed E-state index contributed by atoms with van der Waals surface area (Å²) in [5.41, 5.74) is 1.20. The Kier molecular flexibility index (Phi) is 4.68. The number of carbonyl (C=O) groups is 1. The third-order valence-corrected chi connectivity index (χ3v) is 3.27. The molecule has 98 valence electrons. The largest absolute Gasteiger partial charge is 0.352 e. The van der Waals surface area contributed by atoms with E-state index in [1.54, 1.807) is 30.3 Å². The molecular formula is C15H13BrFNO. The maximum atomic E-state index is 13.4. The zero-order chi connectivity index (χ0) is 13.7. The van der Waals surface area contributed by atoms with Crippen LogP contribution in [0.25, 0.3) is 0 Å². The van der Waals surface area contributed by atoms with E-state index in [0.29, 0.717) is 24.1 Å². The number of hydrogen-bond donors (Lipinski definition) is 1. The standard InChI is InChI=1S/C15H13BrFNO/c16-13-7-5-12(6-8-13)15(19)18-10-9-11-3-1-2-4-14(11)17/h1-8H,9-10H2,(H,18,19). The molecule has 0 heterocycles. The molecule has 0 aliphatic carbocycles. The summed E-state index contributed by atoms with van der Waals surface area (Å²) >= 11 is 3.31. The van der Waals surface area contributed by atoms with Gasteiger partial charge in [-0.25, -0.2) is 4.39 Å². The average Bonchev–Trinajstić information content (AvgIpc) is 2.41. The zero-order valence-corrected chi connectivity index (χ0v) is 11.8. The predicted molar refractivity (Wildman–Crippen MR) is 76.6 cm³/mol. The lowest BCUT2D eigenvalue weighted by Crippen LogP contribution is -2.25. The lowest BCUT2D eigenvalue weighted by molar-refractivity contribution is 0.0954. The summed E-state index contributed by atoms with van der Waals surface area (Å²) in [5, 5.41) is 2.77. The summed E-state index contributed by atoms with van der Waals surface area (Å²) in [6, 6.07) is 13.7. The van der Waals surface area contributed by atoms with Gasteiger partial charge in [0.25, 0.3) is 5.91 Å². The quantitative estimate of drug-likeness (QED) is 0.916. The molecule has 2 rings (SSSR count). The first-order chi connectivity index (χ1) is 9.16. The molecule has 1 N–H and O–H groups in total. The van der Waals surface area contributed by atoms with Crippen molar-refractivity contribution in [3.05, 3.63) is 69.9 Å². The minimum Gasteiger partial charge on any atom is -0.352 e. The first-order valence-corrected chi connectivity index (χ1v) is 6.73. The molecule has 0 bridgehead atoms. The summed E-state index contributed by atoms with van der Waals surface area (Å²) in [7, 11) is 0. The van der Waals surface area contributed by atoms with Crippen molar-refractivity contribution in [2.75, 3.05) is 6.54 Å². The molecule has 19 heavy (non-hydrogen) atoms. The van der Waals surface area contributed by atoms with Crippen molar-refractivity contribution in [1.29, 1.82) is 0 Å². The number of hydrogen-bond acceptors (Lipinski definition) is 1. The Balaban J connectivity index is 1.88. The molecule has 2 aromatic rings. The smallest absolute Gasteiger partial charge is 0.251 e. The van der Waals surface area contributed by atoms with Crippen LogP contribution in [0.1, 0.15) is 15.9 Å². The summed E-state index contributed by atoms with van der Waals surface area (Å²) in [5.74, 6) is -0.385. The Bertz CT molecular complexity index is 569. The highest BCUT2D eigenvalue weighted by Crippen LogP contribution is 2.10. The van der Waals surface area contributed by atoms with Gasteiger partial charge in [0.15, 0.2) is 0 Å².